The molecule has 0 unspecified atom stereocenters. The number of benzene rings is 1. The highest BCUT2D eigenvalue weighted by Gasteiger charge is 2.08. The van der Waals surface area contributed by atoms with E-state index in [0.717, 1.165) is 4.47 Å². The van der Waals surface area contributed by atoms with Gasteiger partial charge < -0.3 is 5.32 Å². The molecule has 0 atom stereocenters. The van der Waals surface area contributed by atoms with Crippen LogP contribution in [0.1, 0.15) is 10.4 Å². The van der Waals surface area contributed by atoms with Crippen LogP contribution in [0.2, 0.25) is 5.28 Å². The molecule has 0 radical (unpaired) electrons. The second kappa shape index (κ2) is 5.25. The van der Waals surface area contributed by atoms with Crippen molar-refractivity contribution < 1.29 is 4.79 Å². The summed E-state index contributed by atoms with van der Waals surface area (Å²) in [5.41, 5.74) is 1.04. The van der Waals surface area contributed by atoms with E-state index in [1.807, 2.05) is 18.2 Å². The smallest absolute Gasteiger partial charge is 0.258 e. The molecule has 2 rings (SSSR count). The van der Waals surface area contributed by atoms with Gasteiger partial charge in [0.25, 0.3) is 5.91 Å². The third-order valence-corrected chi connectivity index (χ3v) is 2.89. The van der Waals surface area contributed by atoms with Crippen molar-refractivity contribution >= 4 is 39.1 Å². The number of anilines is 1. The Kier molecular flexibility index (Phi) is 3.71. The summed E-state index contributed by atoms with van der Waals surface area (Å²) in [5.74, 6) is -0.284. The van der Waals surface area contributed by atoms with Gasteiger partial charge in [0.2, 0.25) is 5.28 Å². The zero-order valence-corrected chi connectivity index (χ0v) is 10.9. The lowest BCUT2D eigenvalue weighted by atomic mass is 10.3. The third-order valence-electron chi connectivity index (χ3n) is 2.00. The Balaban J connectivity index is 2.17. The van der Waals surface area contributed by atoms with Crippen LogP contribution < -0.4 is 5.32 Å². The van der Waals surface area contributed by atoms with E-state index < -0.39 is 0 Å². The molecule has 1 amide bonds. The van der Waals surface area contributed by atoms with E-state index in [0.29, 0.717) is 11.3 Å². The number of hydrogen-bond donors (Lipinski definition) is 1. The summed E-state index contributed by atoms with van der Waals surface area (Å²) < 4.78 is 0.809. The van der Waals surface area contributed by atoms with Gasteiger partial charge in [0.15, 0.2) is 0 Å². The summed E-state index contributed by atoms with van der Waals surface area (Å²) in [6.07, 6.45) is 2.75. The minimum absolute atomic E-state index is 0.113. The number of hydrogen-bond acceptors (Lipinski definition) is 3. The number of halogens is 2. The Morgan fingerprint density at radius 2 is 1.88 bits per heavy atom. The average molecular weight is 313 g/mol. The van der Waals surface area contributed by atoms with Gasteiger partial charge in [-0.1, -0.05) is 12.1 Å². The minimum Gasteiger partial charge on any atom is -0.321 e. The van der Waals surface area contributed by atoms with Gasteiger partial charge in [0.1, 0.15) is 0 Å². The number of nitrogens with zero attached hydrogens (tertiary/aromatic N) is 2. The van der Waals surface area contributed by atoms with Crippen LogP contribution in [0.25, 0.3) is 0 Å². The van der Waals surface area contributed by atoms with Crippen LogP contribution in [-0.2, 0) is 0 Å². The van der Waals surface area contributed by atoms with Gasteiger partial charge in [-0.2, -0.15) is 0 Å². The molecule has 17 heavy (non-hydrogen) atoms. The van der Waals surface area contributed by atoms with Crippen molar-refractivity contribution in [1.82, 2.24) is 9.97 Å². The third kappa shape index (κ3) is 3.01. The topological polar surface area (TPSA) is 54.9 Å². The van der Waals surface area contributed by atoms with Crippen molar-refractivity contribution in [2.24, 2.45) is 0 Å². The van der Waals surface area contributed by atoms with Crippen molar-refractivity contribution in [3.05, 3.63) is 52.0 Å². The molecular weight excluding hydrogens is 305 g/mol. The number of amides is 1. The van der Waals surface area contributed by atoms with Gasteiger partial charge in [-0.05, 0) is 39.7 Å². The first-order valence-electron chi connectivity index (χ1n) is 4.70. The van der Waals surface area contributed by atoms with Crippen LogP contribution in [0.4, 0.5) is 5.69 Å². The van der Waals surface area contributed by atoms with Gasteiger partial charge in [-0.15, -0.1) is 0 Å². The molecule has 0 aliphatic heterocycles. The minimum atomic E-state index is -0.284. The Morgan fingerprint density at radius 1 is 1.24 bits per heavy atom. The van der Waals surface area contributed by atoms with Gasteiger partial charge in [0.05, 0.1) is 11.3 Å². The lowest BCUT2D eigenvalue weighted by Gasteiger charge is -2.06. The second-order valence-corrected chi connectivity index (χ2v) is 4.37. The Bertz CT molecular complexity index is 545. The molecule has 1 aromatic carbocycles. The first kappa shape index (κ1) is 12.0. The standard InChI is InChI=1S/C11H7BrClN3O/c12-8-3-1-2-4-9(8)16-10(17)7-5-14-11(13)15-6-7/h1-6H,(H,16,17). The van der Waals surface area contributed by atoms with Crippen LogP contribution in [0, 0.1) is 0 Å². The Morgan fingerprint density at radius 3 is 2.53 bits per heavy atom. The van der Waals surface area contributed by atoms with Crippen LogP contribution >= 0.6 is 27.5 Å². The van der Waals surface area contributed by atoms with Crippen molar-refractivity contribution in [3.63, 3.8) is 0 Å². The molecule has 0 aliphatic carbocycles. The lowest BCUT2D eigenvalue weighted by molar-refractivity contribution is 0.102. The maximum absolute atomic E-state index is 11.8. The summed E-state index contributed by atoms with van der Waals surface area (Å²) in [4.78, 5) is 19.3. The monoisotopic (exact) mass is 311 g/mol. The Labute approximate surface area is 111 Å². The van der Waals surface area contributed by atoms with Crippen molar-refractivity contribution in [2.45, 2.75) is 0 Å². The fraction of sp³-hybridized carbons (Fsp3) is 0. The number of rotatable bonds is 2. The molecule has 1 N–H and O–H groups in total. The van der Waals surface area contributed by atoms with Crippen LogP contribution in [0.15, 0.2) is 41.1 Å². The number of para-hydroxylation sites is 1. The lowest BCUT2D eigenvalue weighted by Crippen LogP contribution is -2.12. The normalized spacial score (nSPS) is 10.0. The molecule has 0 bridgehead atoms. The van der Waals surface area contributed by atoms with Crippen LogP contribution in [-0.4, -0.2) is 15.9 Å². The van der Waals surface area contributed by atoms with E-state index in [4.69, 9.17) is 11.6 Å². The highest BCUT2D eigenvalue weighted by Crippen LogP contribution is 2.21. The first-order valence-corrected chi connectivity index (χ1v) is 5.87. The molecule has 0 fully saturated rings. The molecule has 1 aromatic heterocycles. The van der Waals surface area contributed by atoms with E-state index in [1.165, 1.54) is 12.4 Å². The predicted octanol–water partition coefficient (Wildman–Crippen LogP) is 3.14. The fourth-order valence-electron chi connectivity index (χ4n) is 1.19. The van der Waals surface area contributed by atoms with Crippen molar-refractivity contribution in [2.75, 3.05) is 5.32 Å². The fourth-order valence-corrected chi connectivity index (χ4v) is 1.67. The second-order valence-electron chi connectivity index (χ2n) is 3.17. The zero-order valence-electron chi connectivity index (χ0n) is 8.52. The van der Waals surface area contributed by atoms with Crippen molar-refractivity contribution in [3.8, 4) is 0 Å². The van der Waals surface area contributed by atoms with Crippen LogP contribution in [0.5, 0.6) is 0 Å². The average Bonchev–Trinajstić information content (AvgIpc) is 2.33. The van der Waals surface area contributed by atoms with Gasteiger partial charge in [-0.25, -0.2) is 9.97 Å². The molecule has 86 valence electrons. The molecular formula is C11H7BrClN3O. The van der Waals surface area contributed by atoms with Gasteiger partial charge >= 0.3 is 0 Å². The summed E-state index contributed by atoms with van der Waals surface area (Å²) in [5, 5.41) is 2.85. The summed E-state index contributed by atoms with van der Waals surface area (Å²) in [7, 11) is 0. The zero-order chi connectivity index (χ0) is 12.3. The van der Waals surface area contributed by atoms with E-state index in [-0.39, 0.29) is 11.2 Å². The molecule has 4 nitrogen and oxygen atoms in total. The number of aromatic nitrogens is 2. The summed E-state index contributed by atoms with van der Waals surface area (Å²) >= 11 is 8.88. The number of nitrogens with one attached hydrogen (secondary N) is 1. The highest BCUT2D eigenvalue weighted by molar-refractivity contribution is 9.10. The largest absolute Gasteiger partial charge is 0.321 e. The highest BCUT2D eigenvalue weighted by atomic mass is 79.9. The first-order chi connectivity index (χ1) is 8.16. The van der Waals surface area contributed by atoms with Gasteiger partial charge in [-0.3, -0.25) is 4.79 Å². The number of carbonyl (C=O) groups excluding carboxylic acids is 1. The molecule has 0 spiro atoms. The molecule has 6 heteroatoms. The maximum Gasteiger partial charge on any atom is 0.258 e. The molecule has 1 heterocycles. The summed E-state index contributed by atoms with van der Waals surface area (Å²) in [6, 6.07) is 7.33. The van der Waals surface area contributed by atoms with Gasteiger partial charge in [0, 0.05) is 16.9 Å². The maximum atomic E-state index is 11.8. The van der Waals surface area contributed by atoms with E-state index in [1.54, 1.807) is 6.07 Å². The molecule has 0 saturated heterocycles. The van der Waals surface area contributed by atoms with Crippen molar-refractivity contribution in [1.29, 1.82) is 0 Å². The van der Waals surface area contributed by atoms with Crippen LogP contribution in [0.3, 0.4) is 0 Å². The summed E-state index contributed by atoms with van der Waals surface area (Å²) in [6.45, 7) is 0. The SMILES string of the molecule is O=C(Nc1ccccc1Br)c1cnc(Cl)nc1. The van der Waals surface area contributed by atoms with E-state index in [2.05, 4.69) is 31.2 Å². The Hall–Kier alpha value is -1.46. The quantitative estimate of drug-likeness (QED) is 0.867. The molecule has 0 aliphatic rings. The molecule has 2 aromatic rings. The predicted molar refractivity (Wildman–Crippen MR) is 69.1 cm³/mol. The van der Waals surface area contributed by atoms with E-state index in [9.17, 15) is 4.79 Å². The van der Waals surface area contributed by atoms with E-state index >= 15 is 0 Å². The number of carbonyl (C=O) groups is 1. The molecule has 0 saturated carbocycles.